The van der Waals surface area contributed by atoms with Gasteiger partial charge < -0.3 is 21.7 Å². The maximum Gasteiger partial charge on any atom is 0.251 e. The van der Waals surface area contributed by atoms with Crippen LogP contribution in [0.15, 0.2) is 0 Å². The Labute approximate surface area is 169 Å². The molecule has 1 aromatic rings. The number of amides is 2. The molecule has 2 amide bonds. The molecule has 0 aliphatic heterocycles. The molecule has 0 radical (unpaired) electrons. The van der Waals surface area contributed by atoms with Crippen LogP contribution in [0.1, 0.15) is 40.6 Å². The van der Waals surface area contributed by atoms with Gasteiger partial charge in [0.2, 0.25) is 9.70 Å². The summed E-state index contributed by atoms with van der Waals surface area (Å²) >= 11 is 24.2. The van der Waals surface area contributed by atoms with Crippen molar-refractivity contribution in [1.82, 2.24) is 10.6 Å². The quantitative estimate of drug-likeness (QED) is 0.326. The normalized spacial score (nSPS) is 15.0. The number of thiocarbonyl (C=S) groups is 1. The third kappa shape index (κ3) is 5.34. The number of carbonyl (C=O) groups is 2. The Hall–Kier alpha value is -0.800. The van der Waals surface area contributed by atoms with Crippen molar-refractivity contribution in [3.05, 3.63) is 16.0 Å². The van der Waals surface area contributed by atoms with E-state index in [1.165, 1.54) is 18.3 Å². The van der Waals surface area contributed by atoms with E-state index in [9.17, 15) is 9.59 Å². The van der Waals surface area contributed by atoms with Gasteiger partial charge in [-0.1, -0.05) is 34.8 Å². The Morgan fingerprint density at radius 2 is 1.88 bits per heavy atom. The molecule has 1 atom stereocenters. The van der Waals surface area contributed by atoms with Gasteiger partial charge in [0, 0.05) is 11.8 Å². The molecule has 1 aliphatic carbocycles. The molecule has 0 saturated carbocycles. The van der Waals surface area contributed by atoms with E-state index in [4.69, 9.17) is 52.8 Å². The molecule has 1 aliphatic rings. The van der Waals surface area contributed by atoms with Crippen molar-refractivity contribution in [3.8, 4) is 0 Å². The molecular formula is C14H17Cl3N4O2S2. The Kier molecular flexibility index (Phi) is 6.78. The van der Waals surface area contributed by atoms with Crippen molar-refractivity contribution < 1.29 is 9.59 Å². The van der Waals surface area contributed by atoms with Crippen LogP contribution in [0.2, 0.25) is 0 Å². The van der Waals surface area contributed by atoms with Gasteiger partial charge in [0.05, 0.1) is 5.56 Å². The SMILES string of the molecule is CC(=O)NC(NC(=S)Nc1sc2c(c1C(N)=O)CCCC2)C(Cl)(Cl)Cl. The van der Waals surface area contributed by atoms with E-state index in [0.717, 1.165) is 36.1 Å². The number of hydrogen-bond donors (Lipinski definition) is 4. The molecule has 0 spiro atoms. The summed E-state index contributed by atoms with van der Waals surface area (Å²) in [5.41, 5.74) is 6.97. The molecule has 6 nitrogen and oxygen atoms in total. The Balaban J connectivity index is 2.18. The van der Waals surface area contributed by atoms with E-state index in [1.54, 1.807) is 0 Å². The van der Waals surface area contributed by atoms with E-state index in [0.29, 0.717) is 10.6 Å². The molecule has 1 heterocycles. The van der Waals surface area contributed by atoms with E-state index in [2.05, 4.69) is 16.0 Å². The zero-order valence-electron chi connectivity index (χ0n) is 13.3. The number of fused-ring (bicyclic) bond motifs is 1. The summed E-state index contributed by atoms with van der Waals surface area (Å²) in [6, 6.07) is 0. The first kappa shape index (κ1) is 20.5. The van der Waals surface area contributed by atoms with Crippen LogP contribution in [-0.4, -0.2) is 26.9 Å². The van der Waals surface area contributed by atoms with Crippen LogP contribution in [0.4, 0.5) is 5.00 Å². The minimum atomic E-state index is -1.82. The van der Waals surface area contributed by atoms with E-state index < -0.39 is 21.8 Å². The average Bonchev–Trinajstić information content (AvgIpc) is 2.82. The second-order valence-corrected chi connectivity index (χ2v) is 9.44. The second-order valence-electron chi connectivity index (χ2n) is 5.55. The summed E-state index contributed by atoms with van der Waals surface area (Å²) < 4.78 is -1.82. The van der Waals surface area contributed by atoms with Gasteiger partial charge in [-0.05, 0) is 43.5 Å². The molecular weight excluding hydrogens is 427 g/mol. The number of rotatable bonds is 4. The summed E-state index contributed by atoms with van der Waals surface area (Å²) in [4.78, 5) is 24.3. The lowest BCUT2D eigenvalue weighted by molar-refractivity contribution is -0.119. The van der Waals surface area contributed by atoms with Crippen molar-refractivity contribution in [2.24, 2.45) is 5.73 Å². The lowest BCUT2D eigenvalue weighted by atomic mass is 9.95. The maximum atomic E-state index is 11.9. The number of halogens is 3. The van der Waals surface area contributed by atoms with Gasteiger partial charge in [0.15, 0.2) is 5.11 Å². The average molecular weight is 444 g/mol. The largest absolute Gasteiger partial charge is 0.365 e. The number of primary amides is 1. The monoisotopic (exact) mass is 442 g/mol. The lowest BCUT2D eigenvalue weighted by Crippen LogP contribution is -2.55. The molecule has 1 unspecified atom stereocenters. The molecule has 11 heteroatoms. The van der Waals surface area contributed by atoms with Crippen LogP contribution in [0.5, 0.6) is 0 Å². The van der Waals surface area contributed by atoms with Crippen molar-refractivity contribution >= 4 is 80.3 Å². The first-order chi connectivity index (χ1) is 11.6. The number of anilines is 1. The standard InChI is InChI=1S/C14H17Cl3N4O2S2/c1-6(22)19-12(14(15,16)17)21-13(24)20-11-9(10(18)23)7-4-2-3-5-8(7)25-11/h12H,2-5H2,1H3,(H2,18,23)(H,19,22)(H2,20,21,24). The number of nitrogens with one attached hydrogen (secondary N) is 3. The van der Waals surface area contributed by atoms with Gasteiger partial charge in [-0.3, -0.25) is 9.59 Å². The highest BCUT2D eigenvalue weighted by atomic mass is 35.6. The lowest BCUT2D eigenvalue weighted by Gasteiger charge is -2.27. The Bertz CT molecular complexity index is 703. The highest BCUT2D eigenvalue weighted by Crippen LogP contribution is 2.38. The van der Waals surface area contributed by atoms with Crippen molar-refractivity contribution in [2.75, 3.05) is 5.32 Å². The van der Waals surface area contributed by atoms with Gasteiger partial charge in [0.25, 0.3) is 5.91 Å². The fourth-order valence-corrected chi connectivity index (χ4v) is 4.50. The Morgan fingerprint density at radius 3 is 2.44 bits per heavy atom. The minimum Gasteiger partial charge on any atom is -0.365 e. The van der Waals surface area contributed by atoms with Crippen molar-refractivity contribution in [1.29, 1.82) is 0 Å². The molecule has 1 aromatic heterocycles. The molecule has 0 bridgehead atoms. The third-order valence-corrected chi connectivity index (χ3v) is 5.68. The molecule has 0 fully saturated rings. The number of nitrogens with two attached hydrogens (primary N) is 1. The van der Waals surface area contributed by atoms with Gasteiger partial charge in [-0.15, -0.1) is 11.3 Å². The summed E-state index contributed by atoms with van der Waals surface area (Å²) in [5, 5.41) is 8.79. The highest BCUT2D eigenvalue weighted by Gasteiger charge is 2.34. The van der Waals surface area contributed by atoms with Crippen LogP contribution in [0.3, 0.4) is 0 Å². The van der Waals surface area contributed by atoms with E-state index >= 15 is 0 Å². The van der Waals surface area contributed by atoms with Crippen LogP contribution in [-0.2, 0) is 17.6 Å². The summed E-state index contributed by atoms with van der Waals surface area (Å²) in [5.74, 6) is -0.902. The third-order valence-electron chi connectivity index (χ3n) is 3.60. The second kappa shape index (κ2) is 8.26. The fraction of sp³-hybridized carbons (Fsp3) is 0.500. The van der Waals surface area contributed by atoms with Gasteiger partial charge in [-0.2, -0.15) is 0 Å². The fourth-order valence-electron chi connectivity index (χ4n) is 2.59. The summed E-state index contributed by atoms with van der Waals surface area (Å²) in [6.45, 7) is 1.29. The molecule has 2 rings (SSSR count). The van der Waals surface area contributed by atoms with E-state index in [1.807, 2.05) is 0 Å². The van der Waals surface area contributed by atoms with Crippen molar-refractivity contribution in [3.63, 3.8) is 0 Å². The molecule has 0 saturated heterocycles. The van der Waals surface area contributed by atoms with Crippen LogP contribution in [0, 0.1) is 0 Å². The predicted molar refractivity (Wildman–Crippen MR) is 107 cm³/mol. The van der Waals surface area contributed by atoms with Gasteiger partial charge in [-0.25, -0.2) is 0 Å². The topological polar surface area (TPSA) is 96.2 Å². The number of alkyl halides is 3. The summed E-state index contributed by atoms with van der Waals surface area (Å²) in [7, 11) is 0. The molecule has 0 aromatic carbocycles. The number of aryl methyl sites for hydroxylation is 1. The highest BCUT2D eigenvalue weighted by molar-refractivity contribution is 7.80. The van der Waals surface area contributed by atoms with E-state index in [-0.39, 0.29) is 5.11 Å². The van der Waals surface area contributed by atoms with Gasteiger partial charge in [0.1, 0.15) is 11.2 Å². The zero-order chi connectivity index (χ0) is 18.8. The van der Waals surface area contributed by atoms with Crippen LogP contribution >= 0.6 is 58.4 Å². The van der Waals surface area contributed by atoms with Gasteiger partial charge >= 0.3 is 0 Å². The Morgan fingerprint density at radius 1 is 1.24 bits per heavy atom. The van der Waals surface area contributed by atoms with Crippen molar-refractivity contribution in [2.45, 2.75) is 42.6 Å². The molecule has 25 heavy (non-hydrogen) atoms. The number of thiophene rings is 1. The predicted octanol–water partition coefficient (Wildman–Crippen LogP) is 2.84. The number of hydrogen-bond acceptors (Lipinski definition) is 4. The molecule has 138 valence electrons. The zero-order valence-corrected chi connectivity index (χ0v) is 17.2. The summed E-state index contributed by atoms with van der Waals surface area (Å²) in [6.07, 6.45) is 2.77. The maximum absolute atomic E-state index is 11.9. The first-order valence-corrected chi connectivity index (χ1v) is 9.81. The molecule has 5 N–H and O–H groups in total. The smallest absolute Gasteiger partial charge is 0.251 e. The van der Waals surface area contributed by atoms with Crippen LogP contribution in [0.25, 0.3) is 0 Å². The van der Waals surface area contributed by atoms with Crippen LogP contribution < -0.4 is 21.7 Å². The first-order valence-electron chi connectivity index (χ1n) is 7.45. The minimum absolute atomic E-state index is 0.103. The number of carbonyl (C=O) groups excluding carboxylic acids is 2.